The third kappa shape index (κ3) is 3.26. The molecule has 14 heavy (non-hydrogen) atoms. The van der Waals surface area contributed by atoms with E-state index in [9.17, 15) is 0 Å². The number of hydrogen-bond donors (Lipinski definition) is 0. The van der Waals surface area contributed by atoms with E-state index in [1.807, 2.05) is 43.3 Å². The standard InChI is InChI=1S/C11H17NO2/c1-12(2)10-5-4-6-11(9-10)14-8-7-13-3/h4-6,9H,7-8H2,1-3H3. The third-order valence-corrected chi connectivity index (χ3v) is 1.89. The molecule has 3 heteroatoms. The topological polar surface area (TPSA) is 21.7 Å². The van der Waals surface area contributed by atoms with Gasteiger partial charge in [-0.3, -0.25) is 0 Å². The Morgan fingerprint density at radius 2 is 2.00 bits per heavy atom. The predicted octanol–water partition coefficient (Wildman–Crippen LogP) is 1.78. The van der Waals surface area contributed by atoms with Crippen LogP contribution in [0.25, 0.3) is 0 Å². The number of benzene rings is 1. The van der Waals surface area contributed by atoms with Crippen molar-refractivity contribution in [3.63, 3.8) is 0 Å². The Kier molecular flexibility index (Phi) is 4.26. The van der Waals surface area contributed by atoms with Gasteiger partial charge in [-0.1, -0.05) is 6.07 Å². The van der Waals surface area contributed by atoms with Crippen molar-refractivity contribution in [2.75, 3.05) is 39.3 Å². The van der Waals surface area contributed by atoms with E-state index in [2.05, 4.69) is 0 Å². The van der Waals surface area contributed by atoms with Crippen molar-refractivity contribution in [1.29, 1.82) is 0 Å². The van der Waals surface area contributed by atoms with Gasteiger partial charge in [0.1, 0.15) is 12.4 Å². The molecule has 0 atom stereocenters. The minimum absolute atomic E-state index is 0.591. The number of nitrogens with zero attached hydrogens (tertiary/aromatic N) is 1. The van der Waals surface area contributed by atoms with Crippen LogP contribution in [-0.2, 0) is 4.74 Å². The lowest BCUT2D eigenvalue weighted by Gasteiger charge is -2.13. The summed E-state index contributed by atoms with van der Waals surface area (Å²) in [6.45, 7) is 1.21. The van der Waals surface area contributed by atoms with Crippen molar-refractivity contribution in [2.45, 2.75) is 0 Å². The van der Waals surface area contributed by atoms with Gasteiger partial charge in [-0.05, 0) is 12.1 Å². The van der Waals surface area contributed by atoms with Crippen molar-refractivity contribution >= 4 is 5.69 Å². The van der Waals surface area contributed by atoms with Crippen LogP contribution in [0.4, 0.5) is 5.69 Å². The zero-order chi connectivity index (χ0) is 10.4. The Morgan fingerprint density at radius 1 is 1.21 bits per heavy atom. The molecule has 0 aliphatic rings. The summed E-state index contributed by atoms with van der Waals surface area (Å²) < 4.78 is 10.4. The summed E-state index contributed by atoms with van der Waals surface area (Å²) in [5.41, 5.74) is 1.14. The molecular weight excluding hydrogens is 178 g/mol. The summed E-state index contributed by atoms with van der Waals surface area (Å²) in [5, 5.41) is 0. The lowest BCUT2D eigenvalue weighted by Crippen LogP contribution is -2.09. The summed E-state index contributed by atoms with van der Waals surface area (Å²) in [7, 11) is 5.68. The number of anilines is 1. The number of ether oxygens (including phenoxy) is 2. The van der Waals surface area contributed by atoms with E-state index < -0.39 is 0 Å². The normalized spacial score (nSPS) is 9.93. The minimum Gasteiger partial charge on any atom is -0.491 e. The molecule has 0 aliphatic carbocycles. The van der Waals surface area contributed by atoms with Gasteiger partial charge in [-0.15, -0.1) is 0 Å². The quantitative estimate of drug-likeness (QED) is 0.668. The zero-order valence-electron chi connectivity index (χ0n) is 8.99. The molecule has 0 bridgehead atoms. The molecule has 1 aromatic carbocycles. The van der Waals surface area contributed by atoms with Crippen LogP contribution in [0.3, 0.4) is 0 Å². The van der Waals surface area contributed by atoms with Crippen molar-refractivity contribution in [3.8, 4) is 5.75 Å². The molecule has 1 rings (SSSR count). The number of methoxy groups -OCH3 is 1. The molecule has 0 fully saturated rings. The number of rotatable bonds is 5. The highest BCUT2D eigenvalue weighted by Gasteiger charge is 1.97. The molecule has 0 aromatic heterocycles. The monoisotopic (exact) mass is 195 g/mol. The van der Waals surface area contributed by atoms with Crippen LogP contribution < -0.4 is 9.64 Å². The summed E-state index contributed by atoms with van der Waals surface area (Å²) in [6.07, 6.45) is 0. The molecular formula is C11H17NO2. The fourth-order valence-corrected chi connectivity index (χ4v) is 1.09. The van der Waals surface area contributed by atoms with E-state index >= 15 is 0 Å². The molecule has 0 heterocycles. The SMILES string of the molecule is COCCOc1cccc(N(C)C)c1. The average Bonchev–Trinajstić information content (AvgIpc) is 2.19. The fraction of sp³-hybridized carbons (Fsp3) is 0.455. The summed E-state index contributed by atoms with van der Waals surface area (Å²) in [5.74, 6) is 0.883. The van der Waals surface area contributed by atoms with E-state index in [0.717, 1.165) is 11.4 Å². The Hall–Kier alpha value is -1.22. The Balaban J connectivity index is 2.55. The van der Waals surface area contributed by atoms with Crippen LogP contribution >= 0.6 is 0 Å². The van der Waals surface area contributed by atoms with E-state index in [0.29, 0.717) is 13.2 Å². The summed E-state index contributed by atoms with van der Waals surface area (Å²) >= 11 is 0. The Labute approximate surface area is 85.2 Å². The highest BCUT2D eigenvalue weighted by atomic mass is 16.5. The van der Waals surface area contributed by atoms with Gasteiger partial charge in [0.05, 0.1) is 6.61 Å². The van der Waals surface area contributed by atoms with E-state index in [1.54, 1.807) is 7.11 Å². The molecule has 0 spiro atoms. The first-order valence-electron chi connectivity index (χ1n) is 4.63. The van der Waals surface area contributed by atoms with Crippen molar-refractivity contribution < 1.29 is 9.47 Å². The highest BCUT2D eigenvalue weighted by molar-refractivity contribution is 5.49. The van der Waals surface area contributed by atoms with Gasteiger partial charge in [0, 0.05) is 33.0 Å². The maximum absolute atomic E-state index is 5.49. The van der Waals surface area contributed by atoms with Crippen LogP contribution in [0.15, 0.2) is 24.3 Å². The van der Waals surface area contributed by atoms with Crippen LogP contribution in [0.1, 0.15) is 0 Å². The minimum atomic E-state index is 0.591. The Morgan fingerprint density at radius 3 is 2.64 bits per heavy atom. The first-order valence-corrected chi connectivity index (χ1v) is 4.63. The predicted molar refractivity (Wildman–Crippen MR) is 58.1 cm³/mol. The molecule has 78 valence electrons. The van der Waals surface area contributed by atoms with Gasteiger partial charge in [-0.2, -0.15) is 0 Å². The first-order chi connectivity index (χ1) is 6.74. The average molecular weight is 195 g/mol. The van der Waals surface area contributed by atoms with E-state index in [1.165, 1.54) is 0 Å². The van der Waals surface area contributed by atoms with Crippen molar-refractivity contribution in [3.05, 3.63) is 24.3 Å². The maximum Gasteiger partial charge on any atom is 0.121 e. The van der Waals surface area contributed by atoms with Gasteiger partial charge in [-0.25, -0.2) is 0 Å². The molecule has 3 nitrogen and oxygen atoms in total. The molecule has 0 radical (unpaired) electrons. The van der Waals surface area contributed by atoms with Crippen LogP contribution in [0, 0.1) is 0 Å². The van der Waals surface area contributed by atoms with Crippen LogP contribution in [0.5, 0.6) is 5.75 Å². The lowest BCUT2D eigenvalue weighted by molar-refractivity contribution is 0.146. The lowest BCUT2D eigenvalue weighted by atomic mass is 10.3. The van der Waals surface area contributed by atoms with Crippen molar-refractivity contribution in [1.82, 2.24) is 0 Å². The maximum atomic E-state index is 5.49. The van der Waals surface area contributed by atoms with Gasteiger partial charge < -0.3 is 14.4 Å². The van der Waals surface area contributed by atoms with Gasteiger partial charge >= 0.3 is 0 Å². The molecule has 0 amide bonds. The summed E-state index contributed by atoms with van der Waals surface area (Å²) in [6, 6.07) is 7.99. The zero-order valence-corrected chi connectivity index (χ0v) is 8.99. The van der Waals surface area contributed by atoms with Crippen LogP contribution in [0.2, 0.25) is 0 Å². The largest absolute Gasteiger partial charge is 0.491 e. The molecule has 0 N–H and O–H groups in total. The van der Waals surface area contributed by atoms with Crippen molar-refractivity contribution in [2.24, 2.45) is 0 Å². The molecule has 0 aliphatic heterocycles. The Bertz CT molecular complexity index is 274. The highest BCUT2D eigenvalue weighted by Crippen LogP contribution is 2.18. The van der Waals surface area contributed by atoms with Gasteiger partial charge in [0.15, 0.2) is 0 Å². The van der Waals surface area contributed by atoms with Gasteiger partial charge in [0.2, 0.25) is 0 Å². The third-order valence-electron chi connectivity index (χ3n) is 1.89. The molecule has 0 unspecified atom stereocenters. The first kappa shape index (κ1) is 10.9. The second-order valence-corrected chi connectivity index (χ2v) is 3.23. The molecule has 1 aromatic rings. The second-order valence-electron chi connectivity index (χ2n) is 3.23. The molecule has 0 saturated carbocycles. The fourth-order valence-electron chi connectivity index (χ4n) is 1.09. The smallest absolute Gasteiger partial charge is 0.121 e. The molecule has 0 saturated heterocycles. The summed E-state index contributed by atoms with van der Waals surface area (Å²) in [4.78, 5) is 2.04. The van der Waals surface area contributed by atoms with Crippen LogP contribution in [-0.4, -0.2) is 34.4 Å². The second kappa shape index (κ2) is 5.50. The van der Waals surface area contributed by atoms with Gasteiger partial charge in [0.25, 0.3) is 0 Å². The number of hydrogen-bond acceptors (Lipinski definition) is 3. The van der Waals surface area contributed by atoms with E-state index in [4.69, 9.17) is 9.47 Å². The van der Waals surface area contributed by atoms with E-state index in [-0.39, 0.29) is 0 Å².